The Bertz CT molecular complexity index is 1070. The Kier molecular flexibility index (Phi) is 10.9. The lowest BCUT2D eigenvalue weighted by molar-refractivity contribution is -0.193. The van der Waals surface area contributed by atoms with E-state index in [9.17, 15) is 26.3 Å². The van der Waals surface area contributed by atoms with Crippen molar-refractivity contribution in [1.29, 1.82) is 0 Å². The first kappa shape index (κ1) is 31.8. The molecule has 2 fully saturated rings. The lowest BCUT2D eigenvalue weighted by Gasteiger charge is -2.47. The average molecular weight is 590 g/mol. The van der Waals surface area contributed by atoms with Gasteiger partial charge in [-0.05, 0) is 32.4 Å². The monoisotopic (exact) mass is 589 g/mol. The number of carbonyl (C=O) groups is 2. The van der Waals surface area contributed by atoms with Gasteiger partial charge in [0.1, 0.15) is 0 Å². The van der Waals surface area contributed by atoms with Crippen molar-refractivity contribution in [2.24, 2.45) is 0 Å². The predicted octanol–water partition coefficient (Wildman–Crippen LogP) is 4.70. The Morgan fingerprint density at radius 2 is 1.68 bits per heavy atom. The molecule has 212 valence electrons. The van der Waals surface area contributed by atoms with E-state index in [1.54, 1.807) is 11.3 Å². The van der Waals surface area contributed by atoms with E-state index in [-0.39, 0.29) is 0 Å². The van der Waals surface area contributed by atoms with Crippen LogP contribution in [0.5, 0.6) is 0 Å². The van der Waals surface area contributed by atoms with Crippen LogP contribution < -0.4 is 0 Å². The summed E-state index contributed by atoms with van der Waals surface area (Å²) in [5, 5.41) is 14.2. The number of thiazole rings is 1. The van der Waals surface area contributed by atoms with E-state index in [2.05, 4.69) is 39.6 Å². The first-order chi connectivity index (χ1) is 17.5. The third-order valence-corrected chi connectivity index (χ3v) is 7.80. The van der Waals surface area contributed by atoms with Crippen molar-refractivity contribution in [2.75, 3.05) is 18.8 Å². The lowest BCUT2D eigenvalue weighted by Crippen LogP contribution is -2.58. The number of aromatic nitrogens is 2. The van der Waals surface area contributed by atoms with E-state index in [0.29, 0.717) is 17.5 Å². The summed E-state index contributed by atoms with van der Waals surface area (Å²) in [6, 6.07) is 6.13. The highest BCUT2D eigenvalue weighted by atomic mass is 32.2. The Labute approximate surface area is 222 Å². The van der Waals surface area contributed by atoms with Crippen molar-refractivity contribution in [3.63, 3.8) is 0 Å². The normalized spacial score (nSPS) is 18.6. The van der Waals surface area contributed by atoms with Gasteiger partial charge in [0.25, 0.3) is 0 Å². The van der Waals surface area contributed by atoms with E-state index in [0.717, 1.165) is 23.7 Å². The largest absolute Gasteiger partial charge is 0.490 e. The van der Waals surface area contributed by atoms with Crippen molar-refractivity contribution >= 4 is 35.0 Å². The minimum Gasteiger partial charge on any atom is -0.475 e. The number of nitrogens with zero attached hydrogens (tertiary/aromatic N) is 3. The molecule has 4 heterocycles. The summed E-state index contributed by atoms with van der Waals surface area (Å²) in [5.74, 6) is -4.40. The minimum absolute atomic E-state index is 0.365. The van der Waals surface area contributed by atoms with Crippen LogP contribution in [0.1, 0.15) is 28.4 Å². The molecule has 8 nitrogen and oxygen atoms in total. The number of alkyl halides is 6. The molecular weight excluding hydrogens is 564 g/mol. The van der Waals surface area contributed by atoms with Crippen LogP contribution in [0.3, 0.4) is 0 Å². The van der Waals surface area contributed by atoms with Gasteiger partial charge in [-0.2, -0.15) is 26.3 Å². The molecule has 1 unspecified atom stereocenters. The van der Waals surface area contributed by atoms with E-state index in [1.165, 1.54) is 30.1 Å². The fraction of sp³-hybridized carbons (Fsp3) is 0.545. The number of carboxylic acids is 2. The first-order valence-electron chi connectivity index (χ1n) is 10.9. The molecule has 2 saturated heterocycles. The highest BCUT2D eigenvalue weighted by Gasteiger charge is 2.49. The summed E-state index contributed by atoms with van der Waals surface area (Å²) in [4.78, 5) is 30.6. The highest BCUT2D eigenvalue weighted by Crippen LogP contribution is 2.46. The summed E-state index contributed by atoms with van der Waals surface area (Å²) in [5.41, 5.74) is 5.23. The summed E-state index contributed by atoms with van der Waals surface area (Å²) >= 11 is 3.87. The Morgan fingerprint density at radius 1 is 1.11 bits per heavy atom. The maximum Gasteiger partial charge on any atom is 0.490 e. The molecule has 2 aromatic rings. The molecule has 16 heteroatoms. The molecule has 0 aromatic carbocycles. The Morgan fingerprint density at radius 3 is 2.16 bits per heavy atom. The number of thioether (sulfide) groups is 1. The van der Waals surface area contributed by atoms with Crippen LogP contribution in [0, 0.1) is 13.8 Å². The molecule has 0 saturated carbocycles. The molecule has 1 spiro atoms. The van der Waals surface area contributed by atoms with Gasteiger partial charge in [0.2, 0.25) is 0 Å². The molecule has 0 aliphatic carbocycles. The topological polar surface area (TPSA) is 113 Å². The number of hydrogen-bond donors (Lipinski definition) is 2. The van der Waals surface area contributed by atoms with E-state index in [4.69, 9.17) is 24.5 Å². The maximum absolute atomic E-state index is 10.6. The lowest BCUT2D eigenvalue weighted by atomic mass is 9.93. The molecule has 0 bridgehead atoms. The van der Waals surface area contributed by atoms with Crippen LogP contribution in [0.15, 0.2) is 23.7 Å². The average Bonchev–Trinajstić information content (AvgIpc) is 3.38. The summed E-state index contributed by atoms with van der Waals surface area (Å²) in [6.45, 7) is 8.17. The fourth-order valence-electron chi connectivity index (χ4n) is 3.57. The predicted molar refractivity (Wildman–Crippen MR) is 127 cm³/mol. The van der Waals surface area contributed by atoms with Gasteiger partial charge in [0, 0.05) is 40.7 Å². The summed E-state index contributed by atoms with van der Waals surface area (Å²) in [6.07, 6.45) is -8.63. The van der Waals surface area contributed by atoms with Gasteiger partial charge in [-0.3, -0.25) is 9.88 Å². The number of hydrogen-bond acceptors (Lipinski definition) is 8. The zero-order chi connectivity index (χ0) is 28.7. The van der Waals surface area contributed by atoms with E-state index in [1.807, 2.05) is 24.6 Å². The zero-order valence-corrected chi connectivity index (χ0v) is 21.8. The van der Waals surface area contributed by atoms with Gasteiger partial charge >= 0.3 is 24.3 Å². The second kappa shape index (κ2) is 13.1. The molecule has 4 rings (SSSR count). The van der Waals surface area contributed by atoms with Gasteiger partial charge in [-0.15, -0.1) is 23.1 Å². The van der Waals surface area contributed by atoms with Crippen LogP contribution in [0.4, 0.5) is 26.3 Å². The van der Waals surface area contributed by atoms with Crippen molar-refractivity contribution in [1.82, 2.24) is 14.9 Å². The number of rotatable bonds is 5. The van der Waals surface area contributed by atoms with Crippen molar-refractivity contribution < 1.29 is 50.9 Å². The SMILES string of the molecule is Cc1cccc(COC2CSC3(C2)CN(Cc2scnc2C)C3)n1.O=C(O)C(F)(F)F.O=C(O)C(F)(F)F. The second-order valence-corrected chi connectivity index (χ2v) is 10.9. The van der Waals surface area contributed by atoms with Crippen molar-refractivity contribution in [3.8, 4) is 0 Å². The maximum atomic E-state index is 10.6. The molecule has 38 heavy (non-hydrogen) atoms. The molecule has 2 aliphatic heterocycles. The van der Waals surface area contributed by atoms with Gasteiger partial charge in [0.05, 0.1) is 29.6 Å². The summed E-state index contributed by atoms with van der Waals surface area (Å²) in [7, 11) is 0. The number of halogens is 6. The Balaban J connectivity index is 0.000000301. The van der Waals surface area contributed by atoms with Crippen molar-refractivity contribution in [3.05, 3.63) is 45.7 Å². The van der Waals surface area contributed by atoms with Crippen LogP contribution in [-0.4, -0.2) is 79.1 Å². The van der Waals surface area contributed by atoms with Gasteiger partial charge in [-0.1, -0.05) is 6.07 Å². The molecule has 2 aromatic heterocycles. The Hall–Kier alpha value is -2.43. The number of carboxylic acid groups (broad SMARTS) is 2. The van der Waals surface area contributed by atoms with Crippen LogP contribution >= 0.6 is 23.1 Å². The standard InChI is InChI=1S/C18H23N3OS2.2C2HF3O2/c1-13-4-3-5-15(20-13)8-22-16-6-18(24-9-16)10-21(11-18)7-17-14(2)19-12-23-17;2*3-2(4,5)1(6)7/h3-5,12,16H,6-11H2,1-2H3;2*(H,6,7). The smallest absolute Gasteiger partial charge is 0.475 e. The van der Waals surface area contributed by atoms with E-state index < -0.39 is 24.3 Å². The fourth-order valence-corrected chi connectivity index (χ4v) is 6.00. The third-order valence-electron chi connectivity index (χ3n) is 5.31. The van der Waals surface area contributed by atoms with Crippen molar-refractivity contribution in [2.45, 2.75) is 56.6 Å². The van der Waals surface area contributed by atoms with Crippen LogP contribution in [-0.2, 0) is 27.5 Å². The quantitative estimate of drug-likeness (QED) is 0.480. The number of ether oxygens (including phenoxy) is 1. The number of aliphatic carboxylic acids is 2. The second-order valence-electron chi connectivity index (χ2n) is 8.51. The van der Waals surface area contributed by atoms with Gasteiger partial charge in [0.15, 0.2) is 0 Å². The van der Waals surface area contributed by atoms with E-state index >= 15 is 0 Å². The highest BCUT2D eigenvalue weighted by molar-refractivity contribution is 8.01. The summed E-state index contributed by atoms with van der Waals surface area (Å²) < 4.78 is 70.0. The molecule has 2 N–H and O–H groups in total. The number of aryl methyl sites for hydroxylation is 2. The first-order valence-corrected chi connectivity index (χ1v) is 12.8. The molecule has 0 radical (unpaired) electrons. The van der Waals surface area contributed by atoms with Crippen LogP contribution in [0.2, 0.25) is 0 Å². The number of likely N-dealkylation sites (tertiary alicyclic amines) is 1. The third kappa shape index (κ3) is 10.0. The van der Waals surface area contributed by atoms with Gasteiger partial charge in [-0.25, -0.2) is 14.6 Å². The molecular formula is C22H25F6N3O5S2. The molecule has 0 amide bonds. The molecule has 1 atom stereocenters. The number of pyridine rings is 1. The molecule has 2 aliphatic rings. The zero-order valence-electron chi connectivity index (χ0n) is 20.2. The van der Waals surface area contributed by atoms with Crippen LogP contribution in [0.25, 0.3) is 0 Å². The minimum atomic E-state index is -5.08. The van der Waals surface area contributed by atoms with Gasteiger partial charge < -0.3 is 14.9 Å².